The summed E-state index contributed by atoms with van der Waals surface area (Å²) in [7, 11) is 0. The van der Waals surface area contributed by atoms with E-state index in [1.807, 2.05) is 0 Å². The third kappa shape index (κ3) is 2.14. The molecule has 7 heteroatoms. The Morgan fingerprint density at radius 2 is 1.89 bits per heavy atom. The topological polar surface area (TPSA) is 66.5 Å². The van der Waals surface area contributed by atoms with Crippen molar-refractivity contribution in [2.24, 2.45) is 5.41 Å². The first-order valence-electron chi connectivity index (χ1n) is 5.40. The molecule has 1 aromatic rings. The van der Waals surface area contributed by atoms with E-state index in [-0.39, 0.29) is 5.69 Å². The Kier molecular flexibility index (Phi) is 3.17. The number of carbonyl (C=O) groups is 3. The quantitative estimate of drug-likeness (QED) is 0.803. The van der Waals surface area contributed by atoms with Crippen molar-refractivity contribution in [2.75, 3.05) is 4.90 Å². The molecule has 0 radical (unpaired) electrons. The number of carbonyl (C=O) groups excluding carboxylic acids is 3. The molecule has 1 fully saturated rings. The standard InChI is InChI=1S/C12H10BrFN2O3/c1-12(2)9(17)15-11(19)16(10(12)18)8-5-6(14)3-4-7(8)13/h3-5H,1-2H3,(H,15,17,19). The lowest BCUT2D eigenvalue weighted by molar-refractivity contribution is -0.140. The monoisotopic (exact) mass is 328 g/mol. The Bertz CT molecular complexity index is 601. The van der Waals surface area contributed by atoms with E-state index in [4.69, 9.17) is 0 Å². The summed E-state index contributed by atoms with van der Waals surface area (Å²) >= 11 is 3.15. The van der Waals surface area contributed by atoms with Crippen molar-refractivity contribution in [1.29, 1.82) is 0 Å². The fourth-order valence-corrected chi connectivity index (χ4v) is 2.08. The molecule has 0 aliphatic carbocycles. The molecular formula is C12H10BrFN2O3. The molecule has 5 nitrogen and oxygen atoms in total. The molecule has 0 bridgehead atoms. The average Bonchev–Trinajstić information content (AvgIpc) is 2.32. The Hall–Kier alpha value is -1.76. The highest BCUT2D eigenvalue weighted by molar-refractivity contribution is 9.10. The summed E-state index contributed by atoms with van der Waals surface area (Å²) in [5.41, 5.74) is -1.33. The largest absolute Gasteiger partial charge is 0.335 e. The van der Waals surface area contributed by atoms with Crippen LogP contribution in [0.4, 0.5) is 14.9 Å². The first-order valence-corrected chi connectivity index (χ1v) is 6.19. The van der Waals surface area contributed by atoms with Gasteiger partial charge in [-0.15, -0.1) is 0 Å². The van der Waals surface area contributed by atoms with Gasteiger partial charge in [-0.05, 0) is 48.0 Å². The van der Waals surface area contributed by atoms with Crippen molar-refractivity contribution < 1.29 is 18.8 Å². The minimum atomic E-state index is -1.39. The zero-order valence-electron chi connectivity index (χ0n) is 10.2. The van der Waals surface area contributed by atoms with Crippen LogP contribution in [0.3, 0.4) is 0 Å². The van der Waals surface area contributed by atoms with Gasteiger partial charge in [-0.2, -0.15) is 0 Å². The van der Waals surface area contributed by atoms with E-state index in [0.29, 0.717) is 4.47 Å². The molecule has 0 spiro atoms. The van der Waals surface area contributed by atoms with E-state index < -0.39 is 29.1 Å². The van der Waals surface area contributed by atoms with Gasteiger partial charge in [0, 0.05) is 4.47 Å². The van der Waals surface area contributed by atoms with Gasteiger partial charge in [-0.3, -0.25) is 14.9 Å². The van der Waals surface area contributed by atoms with E-state index in [9.17, 15) is 18.8 Å². The summed E-state index contributed by atoms with van der Waals surface area (Å²) in [6.07, 6.45) is 0. The summed E-state index contributed by atoms with van der Waals surface area (Å²) < 4.78 is 13.6. The van der Waals surface area contributed by atoms with Crippen LogP contribution in [-0.2, 0) is 9.59 Å². The average molecular weight is 329 g/mol. The van der Waals surface area contributed by atoms with Gasteiger partial charge in [-0.1, -0.05) is 0 Å². The second-order valence-corrected chi connectivity index (χ2v) is 5.47. The van der Waals surface area contributed by atoms with Gasteiger partial charge >= 0.3 is 6.03 Å². The molecule has 19 heavy (non-hydrogen) atoms. The minimum absolute atomic E-state index is 0.0584. The number of amides is 4. The van der Waals surface area contributed by atoms with E-state index >= 15 is 0 Å². The number of rotatable bonds is 1. The van der Waals surface area contributed by atoms with Gasteiger partial charge < -0.3 is 0 Å². The Balaban J connectivity index is 2.55. The van der Waals surface area contributed by atoms with Crippen LogP contribution in [0.5, 0.6) is 0 Å². The lowest BCUT2D eigenvalue weighted by atomic mass is 9.88. The Labute approximate surface area is 116 Å². The highest BCUT2D eigenvalue weighted by Crippen LogP contribution is 2.33. The third-order valence-electron chi connectivity index (χ3n) is 2.88. The number of nitrogens with zero attached hydrogens (tertiary/aromatic N) is 1. The molecule has 0 atom stereocenters. The summed E-state index contributed by atoms with van der Waals surface area (Å²) in [5.74, 6) is -1.97. The van der Waals surface area contributed by atoms with Crippen LogP contribution in [0, 0.1) is 11.2 Å². The van der Waals surface area contributed by atoms with Gasteiger partial charge in [0.05, 0.1) is 5.69 Å². The number of urea groups is 1. The lowest BCUT2D eigenvalue weighted by Crippen LogP contribution is -2.62. The molecule has 1 aliphatic rings. The van der Waals surface area contributed by atoms with Crippen molar-refractivity contribution >= 4 is 39.5 Å². The number of barbiturate groups is 1. The molecule has 0 unspecified atom stereocenters. The van der Waals surface area contributed by atoms with Gasteiger partial charge in [0.25, 0.3) is 0 Å². The van der Waals surface area contributed by atoms with Crippen LogP contribution in [0.25, 0.3) is 0 Å². The summed E-state index contributed by atoms with van der Waals surface area (Å²) in [5, 5.41) is 2.08. The lowest BCUT2D eigenvalue weighted by Gasteiger charge is -2.34. The van der Waals surface area contributed by atoms with E-state index in [1.54, 1.807) is 0 Å². The normalized spacial score (nSPS) is 18.5. The van der Waals surface area contributed by atoms with Gasteiger partial charge in [0.2, 0.25) is 11.8 Å². The zero-order chi connectivity index (χ0) is 14.4. The number of anilines is 1. The number of benzene rings is 1. The van der Waals surface area contributed by atoms with Crippen molar-refractivity contribution in [2.45, 2.75) is 13.8 Å². The first-order chi connectivity index (χ1) is 8.75. The molecular weight excluding hydrogens is 319 g/mol. The molecule has 0 saturated carbocycles. The van der Waals surface area contributed by atoms with Crippen LogP contribution in [-0.4, -0.2) is 17.8 Å². The maximum atomic E-state index is 13.3. The molecule has 1 aliphatic heterocycles. The third-order valence-corrected chi connectivity index (χ3v) is 3.55. The predicted molar refractivity (Wildman–Crippen MR) is 68.9 cm³/mol. The number of hydrogen-bond donors (Lipinski definition) is 1. The van der Waals surface area contributed by atoms with Crippen molar-refractivity contribution in [1.82, 2.24) is 5.32 Å². The Morgan fingerprint density at radius 1 is 1.26 bits per heavy atom. The number of hydrogen-bond acceptors (Lipinski definition) is 3. The highest BCUT2D eigenvalue weighted by atomic mass is 79.9. The van der Waals surface area contributed by atoms with E-state index in [2.05, 4.69) is 21.2 Å². The van der Waals surface area contributed by atoms with Crippen molar-refractivity contribution in [3.05, 3.63) is 28.5 Å². The number of halogens is 2. The summed E-state index contributed by atoms with van der Waals surface area (Å²) in [4.78, 5) is 36.4. The van der Waals surface area contributed by atoms with Gasteiger partial charge in [0.1, 0.15) is 11.2 Å². The van der Waals surface area contributed by atoms with Crippen molar-refractivity contribution in [3.63, 3.8) is 0 Å². The van der Waals surface area contributed by atoms with Crippen LogP contribution >= 0.6 is 15.9 Å². The maximum Gasteiger partial charge on any atom is 0.335 e. The molecule has 1 N–H and O–H groups in total. The van der Waals surface area contributed by atoms with Crippen LogP contribution in [0.15, 0.2) is 22.7 Å². The second kappa shape index (κ2) is 4.41. The van der Waals surface area contributed by atoms with Crippen LogP contribution < -0.4 is 10.2 Å². The second-order valence-electron chi connectivity index (χ2n) is 4.62. The predicted octanol–water partition coefficient (Wildman–Crippen LogP) is 2.20. The Morgan fingerprint density at radius 3 is 2.53 bits per heavy atom. The highest BCUT2D eigenvalue weighted by Gasteiger charge is 2.48. The molecule has 100 valence electrons. The van der Waals surface area contributed by atoms with E-state index in [1.165, 1.54) is 26.0 Å². The fraction of sp³-hybridized carbons (Fsp3) is 0.250. The molecule has 2 rings (SSSR count). The first kappa shape index (κ1) is 13.7. The maximum absolute atomic E-state index is 13.3. The zero-order valence-corrected chi connectivity index (χ0v) is 11.7. The van der Waals surface area contributed by atoms with Crippen LogP contribution in [0.1, 0.15) is 13.8 Å². The summed E-state index contributed by atoms with van der Waals surface area (Å²) in [6.45, 7) is 2.80. The van der Waals surface area contributed by atoms with Crippen molar-refractivity contribution in [3.8, 4) is 0 Å². The SMILES string of the molecule is CC1(C)C(=O)NC(=O)N(c2cc(F)ccc2Br)C1=O. The number of imide groups is 2. The summed E-state index contributed by atoms with van der Waals surface area (Å²) in [6, 6.07) is 2.74. The fourth-order valence-electron chi connectivity index (χ4n) is 1.65. The van der Waals surface area contributed by atoms with Crippen LogP contribution in [0.2, 0.25) is 0 Å². The van der Waals surface area contributed by atoms with Gasteiger partial charge in [-0.25, -0.2) is 14.1 Å². The molecule has 1 aromatic carbocycles. The molecule has 0 aromatic heterocycles. The number of nitrogens with one attached hydrogen (secondary N) is 1. The molecule has 4 amide bonds. The minimum Gasteiger partial charge on any atom is -0.276 e. The van der Waals surface area contributed by atoms with Gasteiger partial charge in [0.15, 0.2) is 0 Å². The smallest absolute Gasteiger partial charge is 0.276 e. The van der Waals surface area contributed by atoms with E-state index in [0.717, 1.165) is 11.0 Å². The molecule has 1 saturated heterocycles. The molecule has 1 heterocycles.